The highest BCUT2D eigenvalue weighted by atomic mass is 32.2. The van der Waals surface area contributed by atoms with Crippen molar-refractivity contribution in [2.24, 2.45) is 5.10 Å². The van der Waals surface area contributed by atoms with Gasteiger partial charge in [0.25, 0.3) is 0 Å². The lowest BCUT2D eigenvalue weighted by Gasteiger charge is -2.43. The highest BCUT2D eigenvalue weighted by Gasteiger charge is 2.64. The van der Waals surface area contributed by atoms with Gasteiger partial charge in [-0.05, 0) is 32.9 Å². The second kappa shape index (κ2) is 9.76. The third-order valence-electron chi connectivity index (χ3n) is 6.54. The van der Waals surface area contributed by atoms with E-state index in [0.29, 0.717) is 11.5 Å². The second-order valence-corrected chi connectivity index (χ2v) is 11.4. The molecule has 3 fully saturated rings. The Kier molecular flexibility index (Phi) is 6.57. The van der Waals surface area contributed by atoms with Crippen LogP contribution in [0.25, 0.3) is 0 Å². The van der Waals surface area contributed by atoms with E-state index < -0.39 is 58.1 Å². The molecule has 0 saturated carbocycles. The Morgan fingerprint density at radius 2 is 2.08 bits per heavy atom. The molecule has 0 bridgehead atoms. The molecule has 39 heavy (non-hydrogen) atoms. The number of furan rings is 1. The average Bonchev–Trinajstić information content (AvgIpc) is 3.66. The number of hydrogen-bond acceptors (Lipinski definition) is 10. The third-order valence-corrected chi connectivity index (χ3v) is 8.12. The van der Waals surface area contributed by atoms with E-state index in [1.165, 1.54) is 35.2 Å². The fourth-order valence-corrected chi connectivity index (χ4v) is 6.32. The number of nitrogens with zero attached hydrogens (tertiary/aromatic N) is 5. The van der Waals surface area contributed by atoms with Gasteiger partial charge in [0, 0.05) is 10.8 Å². The number of carboxylic acids is 1. The van der Waals surface area contributed by atoms with Crippen LogP contribution < -0.4 is 10.6 Å². The van der Waals surface area contributed by atoms with E-state index in [-0.39, 0.29) is 18.8 Å². The predicted molar refractivity (Wildman–Crippen MR) is 133 cm³/mol. The summed E-state index contributed by atoms with van der Waals surface area (Å²) in [6, 6.07) is -0.273. The Labute approximate surface area is 225 Å². The quantitative estimate of drug-likeness (QED) is 0.322. The summed E-state index contributed by atoms with van der Waals surface area (Å²) < 4.78 is 9.44. The molecule has 2 aromatic heterocycles. The maximum Gasteiger partial charge on any atom is 0.348 e. The lowest BCUT2D eigenvalue weighted by molar-refractivity contribution is -0.161. The summed E-state index contributed by atoms with van der Waals surface area (Å²) in [5.74, 6) is -1.65. The van der Waals surface area contributed by atoms with Crippen molar-refractivity contribution in [3.63, 3.8) is 0 Å². The van der Waals surface area contributed by atoms with Gasteiger partial charge in [-0.25, -0.2) is 24.3 Å². The molecule has 3 aliphatic heterocycles. The summed E-state index contributed by atoms with van der Waals surface area (Å²) in [4.78, 5) is 65.9. The van der Waals surface area contributed by atoms with Gasteiger partial charge in [0.2, 0.25) is 11.8 Å². The van der Waals surface area contributed by atoms with Crippen LogP contribution in [0.15, 0.2) is 38.5 Å². The molecule has 0 aromatic carbocycles. The van der Waals surface area contributed by atoms with Crippen LogP contribution >= 0.6 is 11.8 Å². The Bertz CT molecular complexity index is 1360. The molecule has 5 rings (SSSR count). The molecular formula is C23H25N7O8S. The molecule has 206 valence electrons. The number of aromatic nitrogens is 1. The number of fused-ring (bicyclic) bond motifs is 1. The summed E-state index contributed by atoms with van der Waals surface area (Å²) in [5, 5.41) is 23.1. The molecule has 0 aliphatic carbocycles. The van der Waals surface area contributed by atoms with Crippen LogP contribution in [0, 0.1) is 6.92 Å². The van der Waals surface area contributed by atoms with Crippen molar-refractivity contribution in [2.45, 2.75) is 49.0 Å². The summed E-state index contributed by atoms with van der Waals surface area (Å²) in [5.41, 5.74) is 0.0594. The van der Waals surface area contributed by atoms with Gasteiger partial charge in [0.05, 0.1) is 25.6 Å². The lowest BCUT2D eigenvalue weighted by atomic mass is 9.96. The van der Waals surface area contributed by atoms with Crippen molar-refractivity contribution >= 4 is 47.8 Å². The van der Waals surface area contributed by atoms with E-state index in [1.54, 1.807) is 32.9 Å². The van der Waals surface area contributed by atoms with Crippen LogP contribution in [0.1, 0.15) is 37.1 Å². The molecular weight excluding hydrogens is 534 g/mol. The monoisotopic (exact) mass is 559 g/mol. The van der Waals surface area contributed by atoms with E-state index in [9.17, 15) is 29.1 Å². The van der Waals surface area contributed by atoms with Crippen LogP contribution in [0.4, 0.5) is 9.59 Å². The fraction of sp³-hybridized carbons (Fsp3) is 0.435. The van der Waals surface area contributed by atoms with Crippen LogP contribution in [0.2, 0.25) is 0 Å². The van der Waals surface area contributed by atoms with Crippen molar-refractivity contribution in [3.05, 3.63) is 41.7 Å². The van der Waals surface area contributed by atoms with Gasteiger partial charge in [0.15, 0.2) is 6.04 Å². The van der Waals surface area contributed by atoms with Crippen LogP contribution in [-0.2, 0) is 14.4 Å². The van der Waals surface area contributed by atoms with Crippen LogP contribution in [-0.4, -0.2) is 96.4 Å². The minimum atomic E-state index is -1.40. The molecule has 3 aliphatic rings. The van der Waals surface area contributed by atoms with Gasteiger partial charge in [-0.3, -0.25) is 9.59 Å². The summed E-state index contributed by atoms with van der Waals surface area (Å²) in [6.45, 7) is 5.17. The fourth-order valence-electron chi connectivity index (χ4n) is 4.69. The minimum absolute atomic E-state index is 0.00673. The summed E-state index contributed by atoms with van der Waals surface area (Å²) >= 11 is 1.27. The number of carbonyl (C=O) groups is 5. The largest absolute Gasteiger partial charge is 0.480 e. The summed E-state index contributed by atoms with van der Waals surface area (Å²) in [7, 11) is 0. The Morgan fingerprint density at radius 1 is 1.31 bits per heavy atom. The van der Waals surface area contributed by atoms with E-state index in [2.05, 4.69) is 20.9 Å². The van der Waals surface area contributed by atoms with Gasteiger partial charge in [0.1, 0.15) is 34.7 Å². The number of aryl methyl sites for hydroxylation is 1. The molecule has 16 heteroatoms. The van der Waals surface area contributed by atoms with Gasteiger partial charge in [-0.15, -0.1) is 11.8 Å². The first-order chi connectivity index (χ1) is 18.5. The Hall–Kier alpha value is -4.34. The zero-order valence-corrected chi connectivity index (χ0v) is 21.9. The van der Waals surface area contributed by atoms with Gasteiger partial charge < -0.3 is 29.6 Å². The average molecular weight is 560 g/mol. The number of urea groups is 2. The topological polar surface area (TPSA) is 191 Å². The first-order valence-corrected chi connectivity index (χ1v) is 12.8. The molecule has 15 nitrogen and oxygen atoms in total. The third kappa shape index (κ3) is 4.71. The maximum absolute atomic E-state index is 13.3. The molecule has 6 amide bonds. The smallest absolute Gasteiger partial charge is 0.348 e. The molecule has 1 unspecified atom stereocenters. The number of carboxylic acid groups (broad SMARTS) is 1. The number of rotatable bonds is 7. The summed E-state index contributed by atoms with van der Waals surface area (Å²) in [6.07, 6.45) is 2.79. The molecule has 4 atom stereocenters. The number of carbonyl (C=O) groups excluding carboxylic acids is 4. The zero-order chi connectivity index (χ0) is 28.1. The van der Waals surface area contributed by atoms with Crippen molar-refractivity contribution in [2.75, 3.05) is 13.1 Å². The molecule has 5 heterocycles. The first kappa shape index (κ1) is 26.3. The number of imide groups is 1. The first-order valence-electron chi connectivity index (χ1n) is 11.9. The van der Waals surface area contributed by atoms with Gasteiger partial charge in [-0.2, -0.15) is 5.10 Å². The van der Waals surface area contributed by atoms with E-state index >= 15 is 0 Å². The number of β-lactam (4-membered cyclic amide) rings is 1. The molecule has 3 saturated heterocycles. The van der Waals surface area contributed by atoms with Crippen molar-refractivity contribution in [3.8, 4) is 0 Å². The Morgan fingerprint density at radius 3 is 2.72 bits per heavy atom. The minimum Gasteiger partial charge on any atom is -0.480 e. The predicted octanol–water partition coefficient (Wildman–Crippen LogP) is 0.730. The molecule has 0 radical (unpaired) electrons. The number of hydrazone groups is 1. The standard InChI is InChI=1S/C23H25N7O8S/c1-11-9-13(27-38-11)14(17(31)25-15-18(32)30-16(20(33)34)23(2,3)39-19(15)30)26-21(35)28-6-7-29(22(28)36)24-10-12-5-4-8-37-12/h4-5,8-10,14-16,19H,6-7H2,1-3H3,(H,25,31)(H,26,35)(H,33,34)/t14?,15-,16+,19-/m1/s1. The van der Waals surface area contributed by atoms with Crippen molar-refractivity contribution in [1.82, 2.24) is 30.6 Å². The lowest BCUT2D eigenvalue weighted by Crippen LogP contribution is -2.71. The number of aliphatic carboxylic acids is 1. The number of thioether (sulfide) groups is 1. The zero-order valence-electron chi connectivity index (χ0n) is 21.1. The maximum atomic E-state index is 13.3. The van der Waals surface area contributed by atoms with E-state index in [4.69, 9.17) is 8.94 Å². The van der Waals surface area contributed by atoms with Crippen molar-refractivity contribution < 1.29 is 38.0 Å². The molecule has 3 N–H and O–H groups in total. The highest BCUT2D eigenvalue weighted by Crippen LogP contribution is 2.50. The van der Waals surface area contributed by atoms with Gasteiger partial charge in [-0.1, -0.05) is 5.16 Å². The van der Waals surface area contributed by atoms with Crippen molar-refractivity contribution in [1.29, 1.82) is 0 Å². The Balaban J connectivity index is 1.28. The molecule has 2 aromatic rings. The number of hydrogen-bond donors (Lipinski definition) is 3. The van der Waals surface area contributed by atoms with E-state index in [1.807, 2.05) is 0 Å². The second-order valence-electron chi connectivity index (χ2n) is 9.65. The highest BCUT2D eigenvalue weighted by molar-refractivity contribution is 8.01. The van der Waals surface area contributed by atoms with E-state index in [0.717, 1.165) is 9.91 Å². The van der Waals surface area contributed by atoms with Crippen LogP contribution in [0.5, 0.6) is 0 Å². The SMILES string of the molecule is Cc1cc(C(NC(=O)N2CCN(N=Cc3ccco3)C2=O)C(=O)N[C@@H]2C(=O)N3[C@@H]2SC(C)(C)[C@@H]3C(=O)O)no1. The number of nitrogens with one attached hydrogen (secondary N) is 2. The number of amides is 6. The van der Waals surface area contributed by atoms with Gasteiger partial charge >= 0.3 is 18.0 Å². The molecule has 0 spiro atoms. The van der Waals surface area contributed by atoms with Crippen LogP contribution in [0.3, 0.4) is 0 Å². The normalized spacial score (nSPS) is 24.6.